The Balaban J connectivity index is 4.23. The van der Waals surface area contributed by atoms with Crippen LogP contribution in [0.2, 0.25) is 0 Å². The van der Waals surface area contributed by atoms with Gasteiger partial charge in [-0.1, -0.05) is 27.7 Å². The molecule has 0 saturated heterocycles. The third-order valence-electron chi connectivity index (χ3n) is 2.47. The molecule has 1 unspecified atom stereocenters. The summed E-state index contributed by atoms with van der Waals surface area (Å²) >= 11 is 0. The molecule has 0 aliphatic rings. The predicted octanol–water partition coefficient (Wildman–Crippen LogP) is 1.47. The van der Waals surface area contributed by atoms with Crippen LogP contribution in [0.15, 0.2) is 0 Å². The number of nitrogens with two attached hydrogens (primary N) is 1. The fourth-order valence-electron chi connectivity index (χ4n) is 1.30. The molecule has 0 rings (SSSR count). The van der Waals surface area contributed by atoms with E-state index in [9.17, 15) is 8.42 Å². The van der Waals surface area contributed by atoms with Crippen molar-refractivity contribution in [1.82, 2.24) is 4.72 Å². The first-order valence-corrected chi connectivity index (χ1v) is 7.55. The van der Waals surface area contributed by atoms with Gasteiger partial charge in [0.15, 0.2) is 0 Å². The van der Waals surface area contributed by atoms with E-state index in [1.165, 1.54) is 0 Å². The lowest BCUT2D eigenvalue weighted by molar-refractivity contribution is 0.395. The first-order chi connectivity index (χ1) is 7.20. The van der Waals surface area contributed by atoms with Gasteiger partial charge >= 0.3 is 0 Å². The van der Waals surface area contributed by atoms with Gasteiger partial charge in [-0.05, 0) is 31.2 Å². The Hall–Kier alpha value is -0.130. The molecule has 3 N–H and O–H groups in total. The molecule has 0 heterocycles. The number of hydrogen-bond acceptors (Lipinski definition) is 3. The Labute approximate surface area is 100 Å². The predicted molar refractivity (Wildman–Crippen MR) is 68.7 cm³/mol. The third kappa shape index (κ3) is 8.07. The smallest absolute Gasteiger partial charge is 0.211 e. The zero-order valence-corrected chi connectivity index (χ0v) is 11.7. The molecule has 0 spiro atoms. The van der Waals surface area contributed by atoms with Crippen molar-refractivity contribution in [2.75, 3.05) is 12.3 Å². The Morgan fingerprint density at radius 3 is 2.25 bits per heavy atom. The van der Waals surface area contributed by atoms with E-state index in [1.54, 1.807) is 0 Å². The molecule has 0 aromatic carbocycles. The summed E-state index contributed by atoms with van der Waals surface area (Å²) in [5, 5.41) is 0. The van der Waals surface area contributed by atoms with E-state index in [4.69, 9.17) is 5.73 Å². The minimum absolute atomic E-state index is 0.0185. The molecule has 0 aliphatic carbocycles. The third-order valence-corrected chi connectivity index (χ3v) is 3.91. The first-order valence-electron chi connectivity index (χ1n) is 5.90. The van der Waals surface area contributed by atoms with Crippen LogP contribution in [0, 0.1) is 5.41 Å². The van der Waals surface area contributed by atoms with Crippen molar-refractivity contribution < 1.29 is 8.42 Å². The highest BCUT2D eigenvalue weighted by Crippen LogP contribution is 2.19. The summed E-state index contributed by atoms with van der Waals surface area (Å²) in [4.78, 5) is 0. The lowest BCUT2D eigenvalue weighted by Crippen LogP contribution is -2.38. The normalized spacial score (nSPS) is 15.1. The molecule has 0 saturated carbocycles. The highest BCUT2D eigenvalue weighted by molar-refractivity contribution is 7.89. The van der Waals surface area contributed by atoms with E-state index in [0.29, 0.717) is 19.4 Å². The monoisotopic (exact) mass is 250 g/mol. The van der Waals surface area contributed by atoms with Crippen LogP contribution in [0.5, 0.6) is 0 Å². The van der Waals surface area contributed by atoms with Gasteiger partial charge in [0.2, 0.25) is 10.0 Å². The van der Waals surface area contributed by atoms with Gasteiger partial charge in [0.1, 0.15) is 0 Å². The standard InChI is InChI=1S/C11H26N2O2S/c1-5-10(6-8-12)13-16(14,15)9-7-11(2,3)4/h10,13H,5-9,12H2,1-4H3. The van der Waals surface area contributed by atoms with Gasteiger partial charge in [0.25, 0.3) is 0 Å². The minimum Gasteiger partial charge on any atom is -0.330 e. The van der Waals surface area contributed by atoms with Crippen LogP contribution in [0.3, 0.4) is 0 Å². The molecule has 0 aliphatic heterocycles. The van der Waals surface area contributed by atoms with Crippen LogP contribution in [0.1, 0.15) is 47.0 Å². The van der Waals surface area contributed by atoms with E-state index in [0.717, 1.165) is 6.42 Å². The fourth-order valence-corrected chi connectivity index (χ4v) is 3.09. The lowest BCUT2D eigenvalue weighted by Gasteiger charge is -2.20. The van der Waals surface area contributed by atoms with Crippen molar-refractivity contribution in [3.8, 4) is 0 Å². The molecular formula is C11H26N2O2S. The molecule has 0 radical (unpaired) electrons. The summed E-state index contributed by atoms with van der Waals surface area (Å²) in [5.74, 6) is 0.192. The van der Waals surface area contributed by atoms with Crippen molar-refractivity contribution in [2.45, 2.75) is 53.0 Å². The molecule has 0 aromatic heterocycles. The molecular weight excluding hydrogens is 224 g/mol. The largest absolute Gasteiger partial charge is 0.330 e. The number of nitrogens with one attached hydrogen (secondary N) is 1. The van der Waals surface area contributed by atoms with E-state index in [2.05, 4.69) is 4.72 Å². The topological polar surface area (TPSA) is 72.2 Å². The van der Waals surface area contributed by atoms with Gasteiger partial charge in [0, 0.05) is 6.04 Å². The second-order valence-electron chi connectivity index (χ2n) is 5.43. The van der Waals surface area contributed by atoms with Crippen LogP contribution in [0.4, 0.5) is 0 Å². The quantitative estimate of drug-likeness (QED) is 0.718. The van der Waals surface area contributed by atoms with Crippen LogP contribution in [-0.2, 0) is 10.0 Å². The average Bonchev–Trinajstić information content (AvgIpc) is 2.13. The SMILES string of the molecule is CCC(CCN)NS(=O)(=O)CCC(C)(C)C. The number of rotatable bonds is 7. The second kappa shape index (κ2) is 6.57. The maximum absolute atomic E-state index is 11.8. The summed E-state index contributed by atoms with van der Waals surface area (Å²) in [5.41, 5.74) is 5.48. The summed E-state index contributed by atoms with van der Waals surface area (Å²) in [6.07, 6.45) is 2.15. The van der Waals surface area contributed by atoms with Crippen molar-refractivity contribution >= 4 is 10.0 Å². The van der Waals surface area contributed by atoms with Crippen LogP contribution >= 0.6 is 0 Å². The van der Waals surface area contributed by atoms with Gasteiger partial charge in [0.05, 0.1) is 5.75 Å². The summed E-state index contributed by atoms with van der Waals surface area (Å²) in [6, 6.07) is -0.0185. The van der Waals surface area contributed by atoms with E-state index in [-0.39, 0.29) is 17.2 Å². The van der Waals surface area contributed by atoms with Gasteiger partial charge < -0.3 is 5.73 Å². The van der Waals surface area contributed by atoms with Gasteiger partial charge in [-0.25, -0.2) is 13.1 Å². The molecule has 5 heteroatoms. The molecule has 0 fully saturated rings. The van der Waals surface area contributed by atoms with Gasteiger partial charge in [-0.2, -0.15) is 0 Å². The fraction of sp³-hybridized carbons (Fsp3) is 1.00. The van der Waals surface area contributed by atoms with Crippen molar-refractivity contribution in [1.29, 1.82) is 0 Å². The highest BCUT2D eigenvalue weighted by Gasteiger charge is 2.19. The maximum atomic E-state index is 11.8. The van der Waals surface area contributed by atoms with E-state index < -0.39 is 10.0 Å². The Morgan fingerprint density at radius 2 is 1.88 bits per heavy atom. The Kier molecular flexibility index (Phi) is 6.51. The first kappa shape index (κ1) is 15.9. The van der Waals surface area contributed by atoms with Crippen LogP contribution in [-0.4, -0.2) is 26.8 Å². The molecule has 4 nitrogen and oxygen atoms in total. The maximum Gasteiger partial charge on any atom is 0.211 e. The lowest BCUT2D eigenvalue weighted by atomic mass is 9.94. The van der Waals surface area contributed by atoms with Gasteiger partial charge in [-0.15, -0.1) is 0 Å². The average molecular weight is 250 g/mol. The zero-order chi connectivity index (χ0) is 12.8. The van der Waals surface area contributed by atoms with Gasteiger partial charge in [-0.3, -0.25) is 0 Å². The van der Waals surface area contributed by atoms with Crippen LogP contribution < -0.4 is 10.5 Å². The molecule has 0 amide bonds. The summed E-state index contributed by atoms with van der Waals surface area (Å²) in [7, 11) is -3.15. The van der Waals surface area contributed by atoms with E-state index >= 15 is 0 Å². The zero-order valence-electron chi connectivity index (χ0n) is 10.9. The number of hydrogen-bond donors (Lipinski definition) is 2. The van der Waals surface area contributed by atoms with Crippen LogP contribution in [0.25, 0.3) is 0 Å². The molecule has 0 bridgehead atoms. The Bertz CT molecular complexity index is 281. The Morgan fingerprint density at radius 1 is 1.31 bits per heavy atom. The number of sulfonamides is 1. The van der Waals surface area contributed by atoms with Crippen molar-refractivity contribution in [2.24, 2.45) is 11.1 Å². The molecule has 98 valence electrons. The van der Waals surface area contributed by atoms with E-state index in [1.807, 2.05) is 27.7 Å². The molecule has 0 aromatic rings. The molecule has 16 heavy (non-hydrogen) atoms. The second-order valence-corrected chi connectivity index (χ2v) is 7.30. The minimum atomic E-state index is -3.15. The summed E-state index contributed by atoms with van der Waals surface area (Å²) < 4.78 is 26.2. The summed E-state index contributed by atoms with van der Waals surface area (Å²) in [6.45, 7) is 8.60. The van der Waals surface area contributed by atoms with Crippen molar-refractivity contribution in [3.63, 3.8) is 0 Å². The molecule has 1 atom stereocenters. The van der Waals surface area contributed by atoms with Crippen molar-refractivity contribution in [3.05, 3.63) is 0 Å². The highest BCUT2D eigenvalue weighted by atomic mass is 32.2.